The van der Waals surface area contributed by atoms with Crippen LogP contribution in [0.4, 0.5) is 0 Å². The van der Waals surface area contributed by atoms with Gasteiger partial charge in [-0.25, -0.2) is 0 Å². The van der Waals surface area contributed by atoms with Crippen LogP contribution < -0.4 is 0 Å². The number of likely N-dealkylation sites (N-methyl/N-ethyl adjacent to an activating group) is 1. The van der Waals surface area contributed by atoms with Crippen molar-refractivity contribution in [1.82, 2.24) is 8.61 Å². The number of thiophene rings is 1. The smallest absolute Gasteiger partial charge is 0.195 e. The van der Waals surface area contributed by atoms with E-state index in [0.29, 0.717) is 24.9 Å². The van der Waals surface area contributed by atoms with Gasteiger partial charge >= 0.3 is 0 Å². The van der Waals surface area contributed by atoms with Gasteiger partial charge < -0.3 is 0 Å². The van der Waals surface area contributed by atoms with Crippen LogP contribution in [-0.4, -0.2) is 49.1 Å². The Kier molecular flexibility index (Phi) is 6.08. The number of alkyl halides is 1. The monoisotopic (exact) mass is 350 g/mol. The largest absolute Gasteiger partial charge is 0.281 e. The van der Waals surface area contributed by atoms with Gasteiger partial charge in [-0.2, -0.15) is 17.0 Å². The lowest BCUT2D eigenvalue weighted by molar-refractivity contribution is 0.262. The van der Waals surface area contributed by atoms with Crippen molar-refractivity contribution in [2.45, 2.75) is 32.2 Å². The predicted molar refractivity (Wildman–Crippen MR) is 89.2 cm³/mol. The third-order valence-corrected chi connectivity index (χ3v) is 7.62. The van der Waals surface area contributed by atoms with Crippen molar-refractivity contribution in [3.63, 3.8) is 0 Å². The van der Waals surface area contributed by atoms with E-state index in [-0.39, 0.29) is 6.04 Å². The minimum Gasteiger partial charge on any atom is -0.195 e. The van der Waals surface area contributed by atoms with Crippen LogP contribution in [0.2, 0.25) is 0 Å². The van der Waals surface area contributed by atoms with Gasteiger partial charge in [-0.3, -0.25) is 0 Å². The molecule has 1 unspecified atom stereocenters. The van der Waals surface area contributed by atoms with Crippen molar-refractivity contribution >= 4 is 33.1 Å². The first kappa shape index (κ1) is 17.2. The zero-order valence-electron chi connectivity index (χ0n) is 12.5. The third kappa shape index (κ3) is 4.20. The number of rotatable bonds is 6. The molecule has 0 radical (unpaired) electrons. The fraction of sp³-hybridized carbons (Fsp3) is 0.714. The number of hydrogen-bond donors (Lipinski definition) is 0. The van der Waals surface area contributed by atoms with Crippen LogP contribution in [0, 0.1) is 5.92 Å². The Hall–Kier alpha value is -0.140. The molecule has 0 bridgehead atoms. The van der Waals surface area contributed by atoms with Gasteiger partial charge in [-0.05, 0) is 43.6 Å². The van der Waals surface area contributed by atoms with E-state index in [4.69, 9.17) is 11.6 Å². The van der Waals surface area contributed by atoms with Crippen molar-refractivity contribution in [3.8, 4) is 0 Å². The summed E-state index contributed by atoms with van der Waals surface area (Å²) in [6, 6.07) is 4.01. The summed E-state index contributed by atoms with van der Waals surface area (Å²) in [7, 11) is -1.69. The predicted octanol–water partition coefficient (Wildman–Crippen LogP) is 2.81. The standard InChI is InChI=1S/C14H23ClN2O2S2/c1-12(10-14-4-3-9-20-14)16(2)21(18,19)17-7-5-13(11-15)6-8-17/h3-4,9,12-13H,5-8,10-11H2,1-2H3. The molecule has 2 heterocycles. The van der Waals surface area contributed by atoms with E-state index < -0.39 is 10.2 Å². The lowest BCUT2D eigenvalue weighted by Gasteiger charge is -2.35. The highest BCUT2D eigenvalue weighted by Gasteiger charge is 2.33. The number of piperidine rings is 1. The molecule has 21 heavy (non-hydrogen) atoms. The second-order valence-corrected chi connectivity index (χ2v) is 8.98. The number of hydrogen-bond acceptors (Lipinski definition) is 3. The lowest BCUT2D eigenvalue weighted by atomic mass is 10.0. The first-order chi connectivity index (χ1) is 9.95. The van der Waals surface area contributed by atoms with E-state index in [9.17, 15) is 8.42 Å². The fourth-order valence-corrected chi connectivity index (χ4v) is 5.25. The maximum Gasteiger partial charge on any atom is 0.281 e. The third-order valence-electron chi connectivity index (χ3n) is 4.18. The molecule has 0 amide bonds. The zero-order chi connectivity index (χ0) is 15.5. The average molecular weight is 351 g/mol. The zero-order valence-corrected chi connectivity index (χ0v) is 14.9. The van der Waals surface area contributed by atoms with Crippen LogP contribution in [0.5, 0.6) is 0 Å². The lowest BCUT2D eigenvalue weighted by Crippen LogP contribution is -2.49. The van der Waals surface area contributed by atoms with Gasteiger partial charge in [0.25, 0.3) is 10.2 Å². The molecule has 1 atom stereocenters. The molecule has 2 rings (SSSR count). The van der Waals surface area contributed by atoms with Gasteiger partial charge in [-0.1, -0.05) is 6.07 Å². The molecule has 1 aliphatic rings. The van der Waals surface area contributed by atoms with E-state index in [2.05, 4.69) is 0 Å². The Morgan fingerprint density at radius 2 is 2.14 bits per heavy atom. The highest BCUT2D eigenvalue weighted by atomic mass is 35.5. The van der Waals surface area contributed by atoms with Gasteiger partial charge in [0.2, 0.25) is 0 Å². The molecule has 0 aliphatic carbocycles. The fourth-order valence-electron chi connectivity index (χ4n) is 2.55. The van der Waals surface area contributed by atoms with E-state index >= 15 is 0 Å². The molecule has 1 aliphatic heterocycles. The summed E-state index contributed by atoms with van der Waals surface area (Å²) in [5, 5.41) is 2.02. The van der Waals surface area contributed by atoms with E-state index in [0.717, 1.165) is 19.3 Å². The number of halogens is 1. The average Bonchev–Trinajstić information content (AvgIpc) is 2.99. The normalized spacial score (nSPS) is 20.0. The molecule has 1 saturated heterocycles. The molecular weight excluding hydrogens is 328 g/mol. The van der Waals surface area contributed by atoms with Crippen molar-refractivity contribution in [2.75, 3.05) is 26.0 Å². The molecular formula is C14H23ClN2O2S2. The Morgan fingerprint density at radius 3 is 2.67 bits per heavy atom. The maximum absolute atomic E-state index is 12.7. The molecule has 4 nitrogen and oxygen atoms in total. The minimum absolute atomic E-state index is 0.0422. The summed E-state index contributed by atoms with van der Waals surface area (Å²) in [5.74, 6) is 1.07. The topological polar surface area (TPSA) is 40.6 Å². The molecule has 7 heteroatoms. The quantitative estimate of drug-likeness (QED) is 0.740. The Labute approximate surface area is 136 Å². The van der Waals surface area contributed by atoms with Gasteiger partial charge in [0.05, 0.1) is 0 Å². The Morgan fingerprint density at radius 1 is 1.48 bits per heavy atom. The molecule has 1 fully saturated rings. The van der Waals surface area contributed by atoms with Crippen LogP contribution in [0.3, 0.4) is 0 Å². The summed E-state index contributed by atoms with van der Waals surface area (Å²) in [6.07, 6.45) is 2.47. The van der Waals surface area contributed by atoms with Gasteiger partial charge in [0.1, 0.15) is 0 Å². The molecule has 0 spiro atoms. The Balaban J connectivity index is 1.98. The molecule has 1 aromatic rings. The van der Waals surface area contributed by atoms with Gasteiger partial charge in [0.15, 0.2) is 0 Å². The number of nitrogens with zero attached hydrogens (tertiary/aromatic N) is 2. The van der Waals surface area contributed by atoms with Crippen LogP contribution >= 0.6 is 22.9 Å². The first-order valence-corrected chi connectivity index (χ1v) is 10.1. The maximum atomic E-state index is 12.7. The van der Waals surface area contributed by atoms with Crippen LogP contribution in [0.15, 0.2) is 17.5 Å². The molecule has 0 N–H and O–H groups in total. The summed E-state index contributed by atoms with van der Waals surface area (Å²) < 4.78 is 28.5. The second kappa shape index (κ2) is 7.42. The van der Waals surface area contributed by atoms with Gasteiger partial charge in [-0.15, -0.1) is 22.9 Å². The van der Waals surface area contributed by atoms with E-state index in [1.807, 2.05) is 24.4 Å². The van der Waals surface area contributed by atoms with Crippen molar-refractivity contribution < 1.29 is 8.42 Å². The molecule has 1 aromatic heterocycles. The highest BCUT2D eigenvalue weighted by Crippen LogP contribution is 2.23. The van der Waals surface area contributed by atoms with Crippen LogP contribution in [0.1, 0.15) is 24.6 Å². The second-order valence-electron chi connectivity index (χ2n) is 5.65. The summed E-state index contributed by atoms with van der Waals surface area (Å²) >= 11 is 7.53. The summed E-state index contributed by atoms with van der Waals surface area (Å²) in [5.41, 5.74) is 0. The van der Waals surface area contributed by atoms with Crippen molar-refractivity contribution in [2.24, 2.45) is 5.92 Å². The molecule has 0 aromatic carbocycles. The molecule has 120 valence electrons. The Bertz CT molecular complexity index is 525. The highest BCUT2D eigenvalue weighted by molar-refractivity contribution is 7.86. The molecule has 0 saturated carbocycles. The summed E-state index contributed by atoms with van der Waals surface area (Å²) in [6.45, 7) is 3.12. The van der Waals surface area contributed by atoms with Crippen LogP contribution in [-0.2, 0) is 16.6 Å². The van der Waals surface area contributed by atoms with Crippen molar-refractivity contribution in [3.05, 3.63) is 22.4 Å². The SMILES string of the molecule is CC(Cc1cccs1)N(C)S(=O)(=O)N1CCC(CCl)CC1. The van der Waals surface area contributed by atoms with Crippen LogP contribution in [0.25, 0.3) is 0 Å². The first-order valence-electron chi connectivity index (χ1n) is 7.26. The van der Waals surface area contributed by atoms with E-state index in [1.54, 1.807) is 22.7 Å². The van der Waals surface area contributed by atoms with Crippen molar-refractivity contribution in [1.29, 1.82) is 0 Å². The minimum atomic E-state index is -3.37. The summed E-state index contributed by atoms with van der Waals surface area (Å²) in [4.78, 5) is 1.21. The van der Waals surface area contributed by atoms with Gasteiger partial charge in [0, 0.05) is 36.9 Å². The van der Waals surface area contributed by atoms with E-state index in [1.165, 1.54) is 9.18 Å².